The van der Waals surface area contributed by atoms with Crippen molar-refractivity contribution in [3.05, 3.63) is 106 Å². The first kappa shape index (κ1) is 23.0. The third kappa shape index (κ3) is 7.23. The van der Waals surface area contributed by atoms with E-state index < -0.39 is 6.03 Å². The van der Waals surface area contributed by atoms with Gasteiger partial charge in [0.25, 0.3) is 0 Å². The predicted octanol–water partition coefficient (Wildman–Crippen LogP) is 4.89. The van der Waals surface area contributed by atoms with Crippen molar-refractivity contribution in [3.63, 3.8) is 0 Å². The number of guanidine groups is 1. The quantitative estimate of drug-likeness (QED) is 0.307. The van der Waals surface area contributed by atoms with Crippen LogP contribution in [0, 0.1) is 0 Å². The molecular weight excluding hydrogens is 447 g/mol. The third-order valence-corrected chi connectivity index (χ3v) is 4.63. The summed E-state index contributed by atoms with van der Waals surface area (Å²) >= 11 is 11.8. The number of hydrogen-bond acceptors (Lipinski definition) is 4. The first-order valence-electron chi connectivity index (χ1n) is 9.55. The summed E-state index contributed by atoms with van der Waals surface area (Å²) in [6.07, 6.45) is 2.97. The molecule has 162 valence electrons. The Morgan fingerprint density at radius 3 is 2.03 bits per heavy atom. The van der Waals surface area contributed by atoms with Crippen molar-refractivity contribution < 1.29 is 4.79 Å². The van der Waals surface area contributed by atoms with Crippen molar-refractivity contribution in [2.45, 2.75) is 6.54 Å². The van der Waals surface area contributed by atoms with E-state index in [2.05, 4.69) is 20.6 Å². The molecule has 0 saturated heterocycles. The zero-order valence-corrected chi connectivity index (χ0v) is 18.4. The van der Waals surface area contributed by atoms with Crippen LogP contribution in [0.5, 0.6) is 0 Å². The third-order valence-electron chi connectivity index (χ3n) is 4.13. The molecule has 0 aliphatic heterocycles. The van der Waals surface area contributed by atoms with Crippen LogP contribution in [0.15, 0.2) is 94.2 Å². The smallest absolute Gasteiger partial charge is 0.345 e. The van der Waals surface area contributed by atoms with Crippen LogP contribution in [0.2, 0.25) is 10.0 Å². The van der Waals surface area contributed by atoms with Crippen molar-refractivity contribution in [2.75, 3.05) is 0 Å². The summed E-state index contributed by atoms with van der Waals surface area (Å²) < 4.78 is 0. The number of nitrogens with one attached hydrogen (secondary N) is 1. The number of nitrogens with two attached hydrogens (primary N) is 1. The highest BCUT2D eigenvalue weighted by atomic mass is 35.5. The number of halogens is 2. The lowest BCUT2D eigenvalue weighted by molar-refractivity contribution is 0.221. The number of hydrazone groups is 1. The van der Waals surface area contributed by atoms with Crippen molar-refractivity contribution in [2.24, 2.45) is 21.0 Å². The van der Waals surface area contributed by atoms with E-state index in [0.29, 0.717) is 16.6 Å². The monoisotopic (exact) mass is 466 g/mol. The molecule has 3 rings (SSSR count). The van der Waals surface area contributed by atoms with Gasteiger partial charge in [0.05, 0.1) is 12.4 Å². The van der Waals surface area contributed by atoms with Gasteiger partial charge in [0.2, 0.25) is 5.96 Å². The van der Waals surface area contributed by atoms with Crippen molar-refractivity contribution in [1.29, 1.82) is 0 Å². The standard InChI is InChI=1S/C23H20Cl2N6O/c24-20-10-6-18(7-11-20)15-28-30-22(26)31(29-16-19-8-12-21(25)13-9-19)23(32)27-14-17-4-2-1-3-5-17/h1-13,15-16H,14H2,(H2,26,30)(H,27,32). The fraction of sp³-hybridized carbons (Fsp3) is 0.0435. The molecule has 9 heteroatoms. The minimum absolute atomic E-state index is 0.203. The molecule has 0 saturated carbocycles. The fourth-order valence-corrected chi connectivity index (χ4v) is 2.74. The zero-order valence-electron chi connectivity index (χ0n) is 16.9. The maximum absolute atomic E-state index is 12.8. The molecule has 0 aliphatic rings. The molecule has 0 heterocycles. The summed E-state index contributed by atoms with van der Waals surface area (Å²) in [5, 5.41) is 16.9. The molecule has 0 spiro atoms. The first-order valence-corrected chi connectivity index (χ1v) is 10.3. The Kier molecular flexibility index (Phi) is 8.36. The lowest BCUT2D eigenvalue weighted by atomic mass is 10.2. The Morgan fingerprint density at radius 1 is 0.875 bits per heavy atom. The van der Waals surface area contributed by atoms with Crippen LogP contribution in [0.25, 0.3) is 0 Å². The van der Waals surface area contributed by atoms with Gasteiger partial charge >= 0.3 is 6.03 Å². The second kappa shape index (κ2) is 11.6. The number of nitrogens with zero attached hydrogens (tertiary/aromatic N) is 4. The van der Waals surface area contributed by atoms with Crippen LogP contribution in [0.1, 0.15) is 16.7 Å². The van der Waals surface area contributed by atoms with Crippen LogP contribution in [0.4, 0.5) is 4.79 Å². The van der Waals surface area contributed by atoms with Gasteiger partial charge in [-0.05, 0) is 41.0 Å². The number of amides is 2. The van der Waals surface area contributed by atoms with Gasteiger partial charge in [0.1, 0.15) is 0 Å². The van der Waals surface area contributed by atoms with E-state index in [1.54, 1.807) is 48.5 Å². The van der Waals surface area contributed by atoms with Gasteiger partial charge in [-0.3, -0.25) is 0 Å². The number of benzene rings is 3. The minimum Gasteiger partial charge on any atom is -0.366 e. The SMILES string of the molecule is NC(=NN=Cc1ccc(Cl)cc1)N(N=Cc1ccc(Cl)cc1)C(=O)NCc1ccccc1. The molecule has 0 aliphatic carbocycles. The molecule has 0 unspecified atom stereocenters. The van der Waals surface area contributed by atoms with Gasteiger partial charge < -0.3 is 11.1 Å². The lowest BCUT2D eigenvalue weighted by Crippen LogP contribution is -2.44. The van der Waals surface area contributed by atoms with Gasteiger partial charge in [-0.15, -0.1) is 10.1 Å². The van der Waals surface area contributed by atoms with Crippen LogP contribution in [-0.2, 0) is 6.54 Å². The second-order valence-corrected chi connectivity index (χ2v) is 7.38. The molecule has 3 N–H and O–H groups in total. The summed E-state index contributed by atoms with van der Waals surface area (Å²) in [5.74, 6) is -0.203. The lowest BCUT2D eigenvalue weighted by Gasteiger charge is -2.16. The van der Waals surface area contributed by atoms with Crippen LogP contribution >= 0.6 is 23.2 Å². The van der Waals surface area contributed by atoms with E-state index in [0.717, 1.165) is 21.7 Å². The summed E-state index contributed by atoms with van der Waals surface area (Å²) in [7, 11) is 0. The molecule has 3 aromatic rings. The van der Waals surface area contributed by atoms with Crippen molar-refractivity contribution >= 4 is 47.6 Å². The van der Waals surface area contributed by atoms with Crippen LogP contribution < -0.4 is 11.1 Å². The molecule has 0 radical (unpaired) electrons. The number of carbonyl (C=O) groups is 1. The molecule has 32 heavy (non-hydrogen) atoms. The maximum Gasteiger partial charge on any atom is 0.345 e. The van der Waals surface area contributed by atoms with Crippen molar-refractivity contribution in [3.8, 4) is 0 Å². The normalized spacial score (nSPS) is 11.8. The topological polar surface area (TPSA) is 95.4 Å². The Hall–Kier alpha value is -3.68. The number of urea groups is 1. The first-order chi connectivity index (χ1) is 15.5. The highest BCUT2D eigenvalue weighted by Crippen LogP contribution is 2.09. The largest absolute Gasteiger partial charge is 0.366 e. The van der Waals surface area contributed by atoms with E-state index in [9.17, 15) is 4.79 Å². The highest BCUT2D eigenvalue weighted by Gasteiger charge is 2.16. The van der Waals surface area contributed by atoms with Crippen LogP contribution in [0.3, 0.4) is 0 Å². The maximum atomic E-state index is 12.8. The van der Waals surface area contributed by atoms with Gasteiger partial charge in [-0.25, -0.2) is 4.79 Å². The summed E-state index contributed by atoms with van der Waals surface area (Å²) in [4.78, 5) is 12.8. The Labute approximate surface area is 195 Å². The highest BCUT2D eigenvalue weighted by molar-refractivity contribution is 6.30. The van der Waals surface area contributed by atoms with Gasteiger partial charge in [-0.1, -0.05) is 77.8 Å². The van der Waals surface area contributed by atoms with Gasteiger partial charge in [0, 0.05) is 16.6 Å². The predicted molar refractivity (Wildman–Crippen MR) is 130 cm³/mol. The molecule has 7 nitrogen and oxygen atoms in total. The molecule has 0 fully saturated rings. The van der Waals surface area contributed by atoms with Gasteiger partial charge in [-0.2, -0.15) is 10.2 Å². The summed E-state index contributed by atoms with van der Waals surface area (Å²) in [6, 6.07) is 22.9. The van der Waals surface area contributed by atoms with E-state index in [4.69, 9.17) is 28.9 Å². The molecule has 3 aromatic carbocycles. The number of hydrogen-bond donors (Lipinski definition) is 2. The van der Waals surface area contributed by atoms with E-state index >= 15 is 0 Å². The summed E-state index contributed by atoms with van der Waals surface area (Å²) in [5.41, 5.74) is 8.44. The van der Waals surface area contributed by atoms with Crippen molar-refractivity contribution in [1.82, 2.24) is 10.3 Å². The van der Waals surface area contributed by atoms with Crippen LogP contribution in [-0.4, -0.2) is 29.4 Å². The molecular formula is C23H20Cl2N6O. The fourth-order valence-electron chi connectivity index (χ4n) is 2.48. The molecule has 0 bridgehead atoms. The van der Waals surface area contributed by atoms with Gasteiger partial charge in [0.15, 0.2) is 0 Å². The molecule has 0 atom stereocenters. The number of carbonyl (C=O) groups excluding carboxylic acids is 1. The summed E-state index contributed by atoms with van der Waals surface area (Å²) in [6.45, 7) is 0.300. The number of rotatable bonds is 6. The Bertz CT molecular complexity index is 1110. The second-order valence-electron chi connectivity index (χ2n) is 6.51. The molecule has 0 aromatic heterocycles. The Balaban J connectivity index is 1.76. The zero-order chi connectivity index (χ0) is 22.8. The van der Waals surface area contributed by atoms with E-state index in [-0.39, 0.29) is 5.96 Å². The average molecular weight is 467 g/mol. The Morgan fingerprint density at radius 2 is 1.44 bits per heavy atom. The van der Waals surface area contributed by atoms with E-state index in [1.807, 2.05) is 30.3 Å². The minimum atomic E-state index is -0.554. The molecule has 2 amide bonds. The average Bonchev–Trinajstić information content (AvgIpc) is 2.81. The van der Waals surface area contributed by atoms with E-state index in [1.165, 1.54) is 12.4 Å².